The number of benzene rings is 2. The molecule has 0 aliphatic heterocycles. The van der Waals surface area contributed by atoms with E-state index in [4.69, 9.17) is 19.1 Å². The van der Waals surface area contributed by atoms with Gasteiger partial charge in [-0.15, -0.1) is 0 Å². The molecule has 2 aromatic heterocycles. The largest absolute Gasteiger partial charge is 0.496 e. The lowest BCUT2D eigenvalue weighted by Gasteiger charge is -2.11. The number of nitrogens with one attached hydrogen (secondary N) is 1. The summed E-state index contributed by atoms with van der Waals surface area (Å²) < 4.78 is 45.6. The van der Waals surface area contributed by atoms with Crippen LogP contribution in [0.3, 0.4) is 0 Å². The zero-order valence-corrected chi connectivity index (χ0v) is 17.8. The Morgan fingerprint density at radius 1 is 1.19 bits per heavy atom. The summed E-state index contributed by atoms with van der Waals surface area (Å²) in [6.45, 7) is 0.239. The van der Waals surface area contributed by atoms with Gasteiger partial charge >= 0.3 is 5.97 Å². The monoisotopic (exact) mass is 458 g/mol. The van der Waals surface area contributed by atoms with Gasteiger partial charge in [0.05, 0.1) is 32.5 Å². The average molecular weight is 458 g/mol. The number of fused-ring (bicyclic) bond motifs is 1. The second-order valence-corrected chi connectivity index (χ2v) is 8.34. The average Bonchev–Trinajstić information content (AvgIpc) is 3.40. The van der Waals surface area contributed by atoms with Crippen molar-refractivity contribution < 1.29 is 32.3 Å². The van der Waals surface area contributed by atoms with E-state index in [-0.39, 0.29) is 34.2 Å². The van der Waals surface area contributed by atoms with Crippen molar-refractivity contribution in [3.05, 3.63) is 59.9 Å². The molecule has 12 heteroatoms. The molecule has 32 heavy (non-hydrogen) atoms. The molecule has 0 amide bonds. The molecule has 4 aromatic rings. The number of para-hydroxylation sites is 1. The van der Waals surface area contributed by atoms with Crippen LogP contribution in [0.2, 0.25) is 0 Å². The molecule has 2 N–H and O–H groups in total. The van der Waals surface area contributed by atoms with Crippen LogP contribution < -0.4 is 14.2 Å². The van der Waals surface area contributed by atoms with Gasteiger partial charge in [0.2, 0.25) is 0 Å². The molecular weight excluding hydrogens is 440 g/mol. The Kier molecular flexibility index (Phi) is 5.45. The summed E-state index contributed by atoms with van der Waals surface area (Å²) >= 11 is 0. The molecular formula is C20H18N4O7S. The lowest BCUT2D eigenvalue weighted by atomic mass is 10.1. The molecule has 0 saturated carbocycles. The molecule has 0 spiro atoms. The van der Waals surface area contributed by atoms with E-state index >= 15 is 0 Å². The van der Waals surface area contributed by atoms with Crippen molar-refractivity contribution >= 4 is 32.8 Å². The number of rotatable bonds is 8. The van der Waals surface area contributed by atoms with Crippen LogP contribution in [0.15, 0.2) is 58.2 Å². The molecule has 0 unspecified atom stereocenters. The van der Waals surface area contributed by atoms with Crippen LogP contribution in [0.25, 0.3) is 11.0 Å². The van der Waals surface area contributed by atoms with Crippen molar-refractivity contribution in [2.24, 2.45) is 0 Å². The molecule has 0 bridgehead atoms. The summed E-state index contributed by atoms with van der Waals surface area (Å²) in [5, 5.41) is 17.2. The van der Waals surface area contributed by atoms with Crippen LogP contribution in [0.1, 0.15) is 15.9 Å². The van der Waals surface area contributed by atoms with Crippen LogP contribution in [-0.4, -0.2) is 48.7 Å². The second kappa shape index (κ2) is 8.23. The number of anilines is 1. The minimum absolute atomic E-state index is 0.0402. The highest BCUT2D eigenvalue weighted by Gasteiger charge is 2.24. The van der Waals surface area contributed by atoms with Crippen molar-refractivity contribution in [2.45, 2.75) is 11.4 Å². The summed E-state index contributed by atoms with van der Waals surface area (Å²) in [6.07, 6.45) is 2.64. The number of sulfonamides is 1. The Labute approximate surface area is 182 Å². The normalized spacial score (nSPS) is 11.4. The van der Waals surface area contributed by atoms with Crippen LogP contribution in [0, 0.1) is 0 Å². The summed E-state index contributed by atoms with van der Waals surface area (Å²) in [5.74, 6) is -0.614. The molecule has 0 fully saturated rings. The van der Waals surface area contributed by atoms with E-state index in [1.165, 1.54) is 43.4 Å². The number of nitrogens with zero attached hydrogens (tertiary/aromatic N) is 3. The number of aromatic nitrogens is 3. The maximum absolute atomic E-state index is 12.9. The fourth-order valence-corrected chi connectivity index (χ4v) is 4.36. The standard InChI is InChI=1S/C20H18N4O7S/c1-29-14-5-3-4-6-17(14)32(27,28)23-19-18-15(30-2)7-12(8-16(18)31-22-19)10-24-11-13(9-21-24)20(25)26/h3-9,11H,10H2,1-2H3,(H,22,23)(H,25,26). The topological polar surface area (TPSA) is 146 Å². The van der Waals surface area contributed by atoms with Gasteiger partial charge < -0.3 is 19.1 Å². The zero-order chi connectivity index (χ0) is 22.9. The molecule has 0 aliphatic carbocycles. The van der Waals surface area contributed by atoms with E-state index < -0.39 is 16.0 Å². The van der Waals surface area contributed by atoms with E-state index in [1.807, 2.05) is 0 Å². The number of methoxy groups -OCH3 is 2. The van der Waals surface area contributed by atoms with E-state index in [9.17, 15) is 13.2 Å². The van der Waals surface area contributed by atoms with E-state index in [0.717, 1.165) is 0 Å². The number of hydrogen-bond donors (Lipinski definition) is 2. The van der Waals surface area contributed by atoms with Gasteiger partial charge in [0, 0.05) is 6.20 Å². The van der Waals surface area contributed by atoms with Crippen molar-refractivity contribution in [3.8, 4) is 11.5 Å². The fourth-order valence-electron chi connectivity index (χ4n) is 3.18. The van der Waals surface area contributed by atoms with Crippen molar-refractivity contribution in [3.63, 3.8) is 0 Å². The van der Waals surface area contributed by atoms with Crippen molar-refractivity contribution in [2.75, 3.05) is 18.9 Å². The molecule has 0 saturated heterocycles. The first-order valence-corrected chi connectivity index (χ1v) is 10.7. The van der Waals surface area contributed by atoms with Gasteiger partial charge in [0.25, 0.3) is 10.0 Å². The maximum Gasteiger partial charge on any atom is 0.338 e. The van der Waals surface area contributed by atoms with Gasteiger partial charge in [0.1, 0.15) is 21.8 Å². The van der Waals surface area contributed by atoms with Crippen LogP contribution in [0.5, 0.6) is 11.5 Å². The summed E-state index contributed by atoms with van der Waals surface area (Å²) in [6, 6.07) is 9.50. The zero-order valence-electron chi connectivity index (χ0n) is 17.0. The maximum atomic E-state index is 12.9. The highest BCUT2D eigenvalue weighted by molar-refractivity contribution is 7.92. The van der Waals surface area contributed by atoms with E-state index in [0.29, 0.717) is 16.7 Å². The number of carboxylic acids is 1. The predicted octanol–water partition coefficient (Wildman–Crippen LogP) is 2.59. The van der Waals surface area contributed by atoms with E-state index in [1.54, 1.807) is 24.3 Å². The Balaban J connectivity index is 1.69. The second-order valence-electron chi connectivity index (χ2n) is 6.69. The number of aromatic carboxylic acids is 1. The minimum Gasteiger partial charge on any atom is -0.496 e. The van der Waals surface area contributed by atoms with E-state index in [2.05, 4.69) is 15.0 Å². The Morgan fingerprint density at radius 2 is 1.94 bits per heavy atom. The Bertz CT molecular complexity index is 1410. The minimum atomic E-state index is -4.03. The van der Waals surface area contributed by atoms with Gasteiger partial charge in [-0.2, -0.15) is 5.10 Å². The first-order chi connectivity index (χ1) is 15.3. The SMILES string of the molecule is COc1ccccc1S(=O)(=O)Nc1noc2cc(Cn3cc(C(=O)O)cn3)cc(OC)c12. The Hall–Kier alpha value is -4.06. The van der Waals surface area contributed by atoms with Gasteiger partial charge in [-0.1, -0.05) is 17.3 Å². The first kappa shape index (κ1) is 21.2. The Morgan fingerprint density at radius 3 is 2.62 bits per heavy atom. The lowest BCUT2D eigenvalue weighted by Crippen LogP contribution is -2.14. The number of ether oxygens (including phenoxy) is 2. The third kappa shape index (κ3) is 3.95. The first-order valence-electron chi connectivity index (χ1n) is 9.20. The molecule has 2 aromatic carbocycles. The third-order valence-corrected chi connectivity index (χ3v) is 6.01. The lowest BCUT2D eigenvalue weighted by molar-refractivity contribution is 0.0696. The van der Waals surface area contributed by atoms with Gasteiger partial charge in [-0.25, -0.2) is 13.2 Å². The van der Waals surface area contributed by atoms with Crippen molar-refractivity contribution in [1.82, 2.24) is 14.9 Å². The summed E-state index contributed by atoms with van der Waals surface area (Å²) in [4.78, 5) is 11.0. The van der Waals surface area contributed by atoms with Gasteiger partial charge in [-0.05, 0) is 29.8 Å². The third-order valence-electron chi connectivity index (χ3n) is 4.63. The molecule has 2 heterocycles. The summed E-state index contributed by atoms with van der Waals surface area (Å²) in [7, 11) is -1.22. The number of carboxylic acid groups (broad SMARTS) is 1. The number of hydrogen-bond acceptors (Lipinski definition) is 8. The molecule has 0 radical (unpaired) electrons. The van der Waals surface area contributed by atoms with Gasteiger partial charge in [0.15, 0.2) is 11.4 Å². The van der Waals surface area contributed by atoms with Crippen LogP contribution >= 0.6 is 0 Å². The highest BCUT2D eigenvalue weighted by Crippen LogP contribution is 2.35. The molecule has 11 nitrogen and oxygen atoms in total. The van der Waals surface area contributed by atoms with Crippen LogP contribution in [-0.2, 0) is 16.6 Å². The molecule has 166 valence electrons. The molecule has 0 aliphatic rings. The quantitative estimate of drug-likeness (QED) is 0.407. The number of carbonyl (C=O) groups is 1. The highest BCUT2D eigenvalue weighted by atomic mass is 32.2. The van der Waals surface area contributed by atoms with Crippen LogP contribution in [0.4, 0.5) is 5.82 Å². The smallest absolute Gasteiger partial charge is 0.338 e. The molecule has 0 atom stereocenters. The molecule has 4 rings (SSSR count). The summed E-state index contributed by atoms with van der Waals surface area (Å²) in [5.41, 5.74) is 1.03. The van der Waals surface area contributed by atoms with Crippen molar-refractivity contribution in [1.29, 1.82) is 0 Å². The van der Waals surface area contributed by atoms with Gasteiger partial charge in [-0.3, -0.25) is 9.40 Å². The fraction of sp³-hybridized carbons (Fsp3) is 0.150. The predicted molar refractivity (Wildman–Crippen MR) is 113 cm³/mol.